The SMILES string of the molecule is C=[P+](O)C(C)(CCN)P(C)(C)=O. The molecule has 0 heterocycles. The number of rotatable bonds is 4. The van der Waals surface area contributed by atoms with E-state index in [1.807, 2.05) is 0 Å². The lowest BCUT2D eigenvalue weighted by atomic mass is 10.3. The molecule has 0 saturated heterocycles. The zero-order valence-corrected chi connectivity index (χ0v) is 9.74. The minimum Gasteiger partial charge on any atom is -0.330 e. The third kappa shape index (κ3) is 2.40. The molecule has 0 rings (SSSR count). The summed E-state index contributed by atoms with van der Waals surface area (Å²) in [5.41, 5.74) is 5.40. The Balaban J connectivity index is 4.88. The van der Waals surface area contributed by atoms with E-state index in [9.17, 15) is 9.46 Å². The normalized spacial score (nSPS) is 18.6. The Kier molecular flexibility index (Phi) is 4.13. The van der Waals surface area contributed by atoms with Crippen molar-refractivity contribution < 1.29 is 9.46 Å². The van der Waals surface area contributed by atoms with Gasteiger partial charge >= 0.3 is 0 Å². The van der Waals surface area contributed by atoms with Crippen molar-refractivity contribution in [1.29, 1.82) is 0 Å². The fourth-order valence-corrected chi connectivity index (χ4v) is 4.23. The minimum absolute atomic E-state index is 0.442. The van der Waals surface area contributed by atoms with Crippen molar-refractivity contribution in [3.05, 3.63) is 0 Å². The maximum atomic E-state index is 11.8. The van der Waals surface area contributed by atoms with Gasteiger partial charge in [-0.2, -0.15) is 4.89 Å². The predicted octanol–water partition coefficient (Wildman–Crippen LogP) is 1.50. The molecular formula is C7H18NO2P2+. The van der Waals surface area contributed by atoms with E-state index >= 15 is 0 Å². The van der Waals surface area contributed by atoms with Crippen LogP contribution in [0.5, 0.6) is 0 Å². The largest absolute Gasteiger partial charge is 0.330 e. The molecule has 0 radical (unpaired) electrons. The first kappa shape index (κ1) is 12.3. The van der Waals surface area contributed by atoms with Crippen LogP contribution in [0.3, 0.4) is 0 Å². The van der Waals surface area contributed by atoms with Crippen LogP contribution in [0.1, 0.15) is 13.3 Å². The van der Waals surface area contributed by atoms with Gasteiger partial charge in [0.25, 0.3) is 7.77 Å². The molecule has 12 heavy (non-hydrogen) atoms. The van der Waals surface area contributed by atoms with Crippen LogP contribution in [-0.4, -0.2) is 36.0 Å². The highest BCUT2D eigenvalue weighted by Crippen LogP contribution is 2.63. The monoisotopic (exact) mass is 210 g/mol. The standard InChI is InChI=1S/C7H18NO2P2/c1-7(5-6-8,11(2)9)12(3,4)10/h9H,2,5-6,8H2,1,3-4H3/q+1. The molecule has 2 unspecified atom stereocenters. The van der Waals surface area contributed by atoms with Gasteiger partial charge in [0.2, 0.25) is 4.90 Å². The number of nitrogens with two attached hydrogens (primary N) is 1. The summed E-state index contributed by atoms with van der Waals surface area (Å²) in [5.74, 6) is 0. The summed E-state index contributed by atoms with van der Waals surface area (Å²) in [7, 11) is -3.76. The maximum Gasteiger partial charge on any atom is 0.257 e. The molecule has 3 N–H and O–H groups in total. The molecule has 2 atom stereocenters. The van der Waals surface area contributed by atoms with Gasteiger partial charge < -0.3 is 10.3 Å². The lowest BCUT2D eigenvalue weighted by Gasteiger charge is -2.23. The van der Waals surface area contributed by atoms with Gasteiger partial charge in [-0.25, -0.2) is 0 Å². The van der Waals surface area contributed by atoms with Gasteiger partial charge in [-0.1, -0.05) is 0 Å². The highest BCUT2D eigenvalue weighted by atomic mass is 31.2. The van der Waals surface area contributed by atoms with Crippen LogP contribution in [0.4, 0.5) is 0 Å². The van der Waals surface area contributed by atoms with E-state index in [-0.39, 0.29) is 0 Å². The highest BCUT2D eigenvalue weighted by molar-refractivity contribution is 7.76. The van der Waals surface area contributed by atoms with Gasteiger partial charge in [-0.15, -0.1) is 0 Å². The molecule has 0 aliphatic carbocycles. The molecule has 0 aromatic rings. The van der Waals surface area contributed by atoms with Crippen molar-refractivity contribution in [2.75, 3.05) is 19.9 Å². The summed E-state index contributed by atoms with van der Waals surface area (Å²) in [6.45, 7) is 5.61. The van der Waals surface area contributed by atoms with Gasteiger partial charge in [-0.05, 0) is 26.8 Å². The maximum absolute atomic E-state index is 11.8. The molecule has 0 amide bonds. The predicted molar refractivity (Wildman–Crippen MR) is 57.8 cm³/mol. The molecule has 5 heteroatoms. The average molecular weight is 210 g/mol. The lowest BCUT2D eigenvalue weighted by molar-refractivity contribution is 0.549. The molecule has 72 valence electrons. The third-order valence-electron chi connectivity index (χ3n) is 2.33. The Morgan fingerprint density at radius 3 is 2.17 bits per heavy atom. The summed E-state index contributed by atoms with van der Waals surface area (Å²) in [6.07, 6.45) is 4.16. The molecule has 0 aromatic heterocycles. The smallest absolute Gasteiger partial charge is 0.257 e. The molecule has 0 saturated carbocycles. The van der Waals surface area contributed by atoms with Crippen LogP contribution in [-0.2, 0) is 4.57 Å². The second kappa shape index (κ2) is 4.02. The first-order valence-electron chi connectivity index (χ1n) is 3.80. The van der Waals surface area contributed by atoms with Gasteiger partial charge in [0, 0.05) is 6.42 Å². The van der Waals surface area contributed by atoms with Crippen LogP contribution >= 0.6 is 14.9 Å². The Morgan fingerprint density at radius 1 is 1.67 bits per heavy atom. The van der Waals surface area contributed by atoms with Crippen molar-refractivity contribution >= 4 is 21.2 Å². The number of hydrogen-bond donors (Lipinski definition) is 2. The van der Waals surface area contributed by atoms with E-state index in [0.29, 0.717) is 13.0 Å². The third-order valence-corrected chi connectivity index (χ3v) is 8.35. The summed E-state index contributed by atoms with van der Waals surface area (Å²) >= 11 is 0. The summed E-state index contributed by atoms with van der Waals surface area (Å²) in [4.78, 5) is 8.89. The zero-order valence-electron chi connectivity index (χ0n) is 7.95. The van der Waals surface area contributed by atoms with Crippen molar-refractivity contribution in [1.82, 2.24) is 0 Å². The van der Waals surface area contributed by atoms with Crippen molar-refractivity contribution in [3.8, 4) is 0 Å². The van der Waals surface area contributed by atoms with Gasteiger partial charge in [0.05, 0.1) is 0 Å². The van der Waals surface area contributed by atoms with Crippen LogP contribution in [0.25, 0.3) is 0 Å². The molecule has 0 bridgehead atoms. The van der Waals surface area contributed by atoms with Gasteiger partial charge in [0.1, 0.15) is 13.4 Å². The Morgan fingerprint density at radius 2 is 2.08 bits per heavy atom. The second-order valence-corrected chi connectivity index (χ2v) is 9.33. The fourth-order valence-electron chi connectivity index (χ4n) is 0.950. The van der Waals surface area contributed by atoms with Crippen molar-refractivity contribution in [3.63, 3.8) is 0 Å². The topological polar surface area (TPSA) is 63.3 Å². The number of hydrogen-bond acceptors (Lipinski definition) is 3. The quantitative estimate of drug-likeness (QED) is 0.691. The molecule has 0 aromatic carbocycles. The molecule has 0 spiro atoms. The van der Waals surface area contributed by atoms with Gasteiger partial charge in [0.15, 0.2) is 0 Å². The van der Waals surface area contributed by atoms with E-state index in [2.05, 4.69) is 6.30 Å². The van der Waals surface area contributed by atoms with E-state index in [0.717, 1.165) is 0 Å². The van der Waals surface area contributed by atoms with Crippen LogP contribution < -0.4 is 5.73 Å². The lowest BCUT2D eigenvalue weighted by Crippen LogP contribution is -2.23. The second-order valence-electron chi connectivity index (χ2n) is 3.51. The molecule has 0 aliphatic heterocycles. The van der Waals surface area contributed by atoms with Gasteiger partial charge in [-0.3, -0.25) is 0 Å². The van der Waals surface area contributed by atoms with E-state index in [4.69, 9.17) is 5.73 Å². The Bertz CT molecular complexity index is 223. The first-order valence-corrected chi connectivity index (χ1v) is 7.88. The van der Waals surface area contributed by atoms with Crippen LogP contribution in [0.15, 0.2) is 0 Å². The zero-order chi connectivity index (χ0) is 9.99. The molecule has 3 nitrogen and oxygen atoms in total. The fraction of sp³-hybridized carbons (Fsp3) is 0.857. The summed E-state index contributed by atoms with van der Waals surface area (Å²) < 4.78 is 11.8. The van der Waals surface area contributed by atoms with E-state index in [1.165, 1.54) is 0 Å². The molecular weight excluding hydrogens is 192 g/mol. The van der Waals surface area contributed by atoms with Crippen LogP contribution in [0, 0.1) is 0 Å². The minimum atomic E-state index is -2.32. The average Bonchev–Trinajstić information content (AvgIpc) is 1.85. The summed E-state index contributed by atoms with van der Waals surface area (Å²) in [5, 5.41) is 0. The highest BCUT2D eigenvalue weighted by Gasteiger charge is 2.47. The Hall–Kier alpha value is 0.320. The van der Waals surface area contributed by atoms with Crippen molar-refractivity contribution in [2.24, 2.45) is 5.73 Å². The first-order chi connectivity index (χ1) is 5.25. The van der Waals surface area contributed by atoms with E-state index < -0.39 is 19.8 Å². The van der Waals surface area contributed by atoms with Crippen molar-refractivity contribution in [2.45, 2.75) is 18.2 Å². The van der Waals surface area contributed by atoms with Crippen LogP contribution in [0.2, 0.25) is 0 Å². The molecule has 0 fully saturated rings. The molecule has 0 aliphatic rings. The summed E-state index contributed by atoms with van der Waals surface area (Å²) in [6, 6.07) is 0. The van der Waals surface area contributed by atoms with E-state index in [1.54, 1.807) is 20.3 Å². The Labute approximate surface area is 75.2 Å².